The molecule has 0 spiro atoms. The van der Waals surface area contributed by atoms with Crippen molar-refractivity contribution in [1.82, 2.24) is 10.2 Å². The molecule has 0 bridgehead atoms. The van der Waals surface area contributed by atoms with Crippen LogP contribution >= 0.6 is 0 Å². The van der Waals surface area contributed by atoms with E-state index in [1.807, 2.05) is 0 Å². The minimum absolute atomic E-state index is 0.157. The summed E-state index contributed by atoms with van der Waals surface area (Å²) < 4.78 is 37.6. The summed E-state index contributed by atoms with van der Waals surface area (Å²) in [6.07, 6.45) is 0. The van der Waals surface area contributed by atoms with E-state index in [4.69, 9.17) is 9.47 Å². The second kappa shape index (κ2) is 8.93. The fourth-order valence-corrected chi connectivity index (χ4v) is 3.94. The standard InChI is InChI=1S/C25H20F2N2O5/c1-33-19-11-12-20(22(13-19)34-2)21(30)14-29-23(31)25(28-24(29)32,15-3-7-17(26)8-4-15)16-5-9-18(27)10-6-16/h3-13H,14H2,1-2H3,(H,28,32). The smallest absolute Gasteiger partial charge is 0.325 e. The average molecular weight is 466 g/mol. The number of methoxy groups -OCH3 is 2. The Bertz CT molecular complexity index is 1210. The molecule has 0 radical (unpaired) electrons. The third kappa shape index (κ3) is 3.85. The average Bonchev–Trinajstić information content (AvgIpc) is 3.10. The summed E-state index contributed by atoms with van der Waals surface area (Å²) in [7, 11) is 2.85. The van der Waals surface area contributed by atoms with Crippen LogP contribution in [0.15, 0.2) is 66.7 Å². The van der Waals surface area contributed by atoms with E-state index in [9.17, 15) is 23.2 Å². The molecule has 9 heteroatoms. The number of halogens is 2. The number of rotatable bonds is 7. The number of Topliss-reactive ketones (excluding diaryl/α,β-unsaturated/α-hetero) is 1. The van der Waals surface area contributed by atoms with Crippen molar-refractivity contribution in [2.24, 2.45) is 0 Å². The fraction of sp³-hybridized carbons (Fsp3) is 0.160. The Morgan fingerprint density at radius 1 is 0.882 bits per heavy atom. The van der Waals surface area contributed by atoms with Crippen molar-refractivity contribution in [2.75, 3.05) is 20.8 Å². The molecule has 0 atom stereocenters. The highest BCUT2D eigenvalue weighted by Crippen LogP contribution is 2.36. The summed E-state index contributed by atoms with van der Waals surface area (Å²) in [4.78, 5) is 40.5. The van der Waals surface area contributed by atoms with E-state index in [2.05, 4.69) is 5.32 Å². The summed E-state index contributed by atoms with van der Waals surface area (Å²) in [6.45, 7) is -0.572. The zero-order chi connectivity index (χ0) is 24.5. The Kier molecular flexibility index (Phi) is 6.02. The maximum absolute atomic E-state index is 13.7. The van der Waals surface area contributed by atoms with Gasteiger partial charge in [-0.2, -0.15) is 0 Å². The third-order valence-corrected chi connectivity index (χ3v) is 5.67. The van der Waals surface area contributed by atoms with E-state index in [-0.39, 0.29) is 22.4 Å². The van der Waals surface area contributed by atoms with Crippen LogP contribution in [0.1, 0.15) is 21.5 Å². The number of amides is 3. The maximum atomic E-state index is 13.7. The van der Waals surface area contributed by atoms with Crippen molar-refractivity contribution in [1.29, 1.82) is 0 Å². The van der Waals surface area contributed by atoms with Crippen molar-refractivity contribution in [3.63, 3.8) is 0 Å². The summed E-state index contributed by atoms with van der Waals surface area (Å²) in [6, 6.07) is 13.7. The van der Waals surface area contributed by atoms with Crippen LogP contribution in [0.2, 0.25) is 0 Å². The van der Waals surface area contributed by atoms with Crippen LogP contribution in [0.5, 0.6) is 11.5 Å². The number of carbonyl (C=O) groups excluding carboxylic acids is 3. The quantitative estimate of drug-likeness (QED) is 0.424. The Hall–Kier alpha value is -4.27. The third-order valence-electron chi connectivity index (χ3n) is 5.67. The predicted octanol–water partition coefficient (Wildman–Crippen LogP) is 3.66. The number of hydrogen-bond acceptors (Lipinski definition) is 5. The lowest BCUT2D eigenvalue weighted by Gasteiger charge is -2.28. The number of carbonyl (C=O) groups is 3. The molecule has 1 heterocycles. The van der Waals surface area contributed by atoms with Gasteiger partial charge in [0, 0.05) is 6.07 Å². The molecule has 34 heavy (non-hydrogen) atoms. The predicted molar refractivity (Wildman–Crippen MR) is 118 cm³/mol. The van der Waals surface area contributed by atoms with Crippen LogP contribution in [-0.2, 0) is 10.3 Å². The first-order valence-corrected chi connectivity index (χ1v) is 10.2. The number of benzene rings is 3. The normalized spacial score (nSPS) is 14.6. The molecule has 3 aromatic carbocycles. The molecule has 0 unspecified atom stereocenters. The Morgan fingerprint density at radius 2 is 1.44 bits per heavy atom. The first-order valence-electron chi connectivity index (χ1n) is 10.2. The van der Waals surface area contributed by atoms with Gasteiger partial charge in [0.1, 0.15) is 23.1 Å². The Labute approximate surface area is 193 Å². The molecular formula is C25H20F2N2O5. The van der Waals surface area contributed by atoms with Crippen LogP contribution < -0.4 is 14.8 Å². The lowest BCUT2D eigenvalue weighted by atomic mass is 9.82. The molecule has 1 fully saturated rings. The van der Waals surface area contributed by atoms with E-state index in [0.717, 1.165) is 29.2 Å². The summed E-state index contributed by atoms with van der Waals surface area (Å²) in [5.74, 6) is -1.68. The lowest BCUT2D eigenvalue weighted by molar-refractivity contribution is -0.129. The monoisotopic (exact) mass is 466 g/mol. The van der Waals surface area contributed by atoms with Crippen molar-refractivity contribution in [3.05, 3.63) is 95.1 Å². The van der Waals surface area contributed by atoms with Crippen LogP contribution in [-0.4, -0.2) is 43.4 Å². The van der Waals surface area contributed by atoms with Crippen LogP contribution in [0.3, 0.4) is 0 Å². The molecule has 0 aromatic heterocycles. The van der Waals surface area contributed by atoms with Gasteiger partial charge >= 0.3 is 6.03 Å². The number of hydrogen-bond donors (Lipinski definition) is 1. The van der Waals surface area contributed by atoms with Gasteiger partial charge in [0.25, 0.3) is 5.91 Å². The molecule has 1 saturated heterocycles. The van der Waals surface area contributed by atoms with Crippen molar-refractivity contribution < 1.29 is 32.6 Å². The topological polar surface area (TPSA) is 84.9 Å². The molecule has 7 nitrogen and oxygen atoms in total. The summed E-state index contributed by atoms with van der Waals surface area (Å²) >= 11 is 0. The maximum Gasteiger partial charge on any atom is 0.325 e. The number of nitrogens with one attached hydrogen (secondary N) is 1. The highest BCUT2D eigenvalue weighted by molar-refractivity contribution is 6.13. The lowest BCUT2D eigenvalue weighted by Crippen LogP contribution is -2.45. The molecule has 1 aliphatic heterocycles. The van der Waals surface area contributed by atoms with Crippen molar-refractivity contribution in [3.8, 4) is 11.5 Å². The van der Waals surface area contributed by atoms with Gasteiger partial charge in [-0.3, -0.25) is 14.5 Å². The van der Waals surface area contributed by atoms with E-state index >= 15 is 0 Å². The minimum atomic E-state index is -1.76. The minimum Gasteiger partial charge on any atom is -0.497 e. The molecule has 174 valence electrons. The highest BCUT2D eigenvalue weighted by Gasteiger charge is 2.54. The van der Waals surface area contributed by atoms with E-state index in [0.29, 0.717) is 5.75 Å². The van der Waals surface area contributed by atoms with Crippen molar-refractivity contribution in [2.45, 2.75) is 5.54 Å². The first kappa shape index (κ1) is 22.9. The Balaban J connectivity index is 1.73. The second-order valence-corrected chi connectivity index (χ2v) is 7.57. The molecule has 0 aliphatic carbocycles. The van der Waals surface area contributed by atoms with Gasteiger partial charge in [0.05, 0.1) is 26.3 Å². The first-order chi connectivity index (χ1) is 16.3. The van der Waals surface area contributed by atoms with Gasteiger partial charge in [-0.05, 0) is 47.5 Å². The SMILES string of the molecule is COc1ccc(C(=O)CN2C(=O)NC(c3ccc(F)cc3)(c3ccc(F)cc3)C2=O)c(OC)c1. The molecule has 1 N–H and O–H groups in total. The number of imide groups is 1. The molecule has 0 saturated carbocycles. The van der Waals surface area contributed by atoms with Crippen LogP contribution in [0.4, 0.5) is 13.6 Å². The number of ketones is 1. The molecule has 3 aromatic rings. The highest BCUT2D eigenvalue weighted by atomic mass is 19.1. The molecule has 1 aliphatic rings. The molecular weight excluding hydrogens is 446 g/mol. The van der Waals surface area contributed by atoms with E-state index < -0.39 is 41.4 Å². The summed E-state index contributed by atoms with van der Waals surface area (Å²) in [5.41, 5.74) is -1.08. The molecule has 3 amide bonds. The number of nitrogens with zero attached hydrogens (tertiary/aromatic N) is 1. The van der Waals surface area contributed by atoms with Crippen LogP contribution in [0.25, 0.3) is 0 Å². The largest absolute Gasteiger partial charge is 0.497 e. The van der Waals surface area contributed by atoms with Gasteiger partial charge in [-0.1, -0.05) is 24.3 Å². The number of ether oxygens (including phenoxy) is 2. The van der Waals surface area contributed by atoms with Crippen LogP contribution in [0, 0.1) is 11.6 Å². The van der Waals surface area contributed by atoms with E-state index in [1.165, 1.54) is 50.6 Å². The van der Waals surface area contributed by atoms with Gasteiger partial charge in [0.15, 0.2) is 11.3 Å². The fourth-order valence-electron chi connectivity index (χ4n) is 3.94. The van der Waals surface area contributed by atoms with Gasteiger partial charge in [-0.15, -0.1) is 0 Å². The molecule has 4 rings (SSSR count). The zero-order valence-electron chi connectivity index (χ0n) is 18.3. The zero-order valence-corrected chi connectivity index (χ0v) is 18.3. The Morgan fingerprint density at radius 3 is 1.94 bits per heavy atom. The van der Waals surface area contributed by atoms with E-state index in [1.54, 1.807) is 6.07 Å². The second-order valence-electron chi connectivity index (χ2n) is 7.57. The van der Waals surface area contributed by atoms with Crippen molar-refractivity contribution >= 4 is 17.7 Å². The van der Waals surface area contributed by atoms with Gasteiger partial charge in [0.2, 0.25) is 0 Å². The van der Waals surface area contributed by atoms with Gasteiger partial charge in [-0.25, -0.2) is 13.6 Å². The van der Waals surface area contributed by atoms with Gasteiger partial charge < -0.3 is 14.8 Å². The number of urea groups is 1. The summed E-state index contributed by atoms with van der Waals surface area (Å²) in [5, 5.41) is 2.63.